The van der Waals surface area contributed by atoms with Gasteiger partial charge in [-0.2, -0.15) is 0 Å². The molecule has 5 nitrogen and oxygen atoms in total. The van der Waals surface area contributed by atoms with Gasteiger partial charge in [0.1, 0.15) is 0 Å². The summed E-state index contributed by atoms with van der Waals surface area (Å²) in [5.41, 5.74) is 3.42. The number of carbonyl (C=O) groups is 2. The Kier molecular flexibility index (Phi) is 7.38. The van der Waals surface area contributed by atoms with E-state index in [1.54, 1.807) is 6.07 Å². The summed E-state index contributed by atoms with van der Waals surface area (Å²) in [4.78, 5) is 26.9. The van der Waals surface area contributed by atoms with Crippen molar-refractivity contribution in [2.75, 3.05) is 18.5 Å². The zero-order valence-electron chi connectivity index (χ0n) is 19.5. The molecule has 0 spiro atoms. The molecule has 0 saturated heterocycles. The minimum absolute atomic E-state index is 0.0252. The van der Waals surface area contributed by atoms with Crippen LogP contribution in [0, 0.1) is 0 Å². The Morgan fingerprint density at radius 3 is 2.53 bits per heavy atom. The van der Waals surface area contributed by atoms with Crippen LogP contribution >= 0.6 is 11.8 Å². The zero-order chi connectivity index (χ0) is 24.1. The fourth-order valence-electron chi connectivity index (χ4n) is 3.73. The molecule has 1 heterocycles. The minimum Gasteiger partial charge on any atom is -0.490 e. The van der Waals surface area contributed by atoms with Gasteiger partial charge in [0.2, 0.25) is 5.78 Å². The van der Waals surface area contributed by atoms with Crippen LogP contribution in [0.15, 0.2) is 76.5 Å². The molecule has 1 aliphatic rings. The number of nitrogens with one attached hydrogen (secondary N) is 1. The molecular formula is C28H27NO4S. The lowest BCUT2D eigenvalue weighted by Crippen LogP contribution is -2.21. The average Bonchev–Trinajstić information content (AvgIpc) is 3.14. The van der Waals surface area contributed by atoms with Crippen molar-refractivity contribution in [3.05, 3.63) is 88.3 Å². The first kappa shape index (κ1) is 23.6. The summed E-state index contributed by atoms with van der Waals surface area (Å²) >= 11 is 1.47. The summed E-state index contributed by atoms with van der Waals surface area (Å²) < 4.78 is 11.5. The number of benzene rings is 3. The van der Waals surface area contributed by atoms with Gasteiger partial charge in [0.15, 0.2) is 18.1 Å². The van der Waals surface area contributed by atoms with Crippen LogP contribution in [0.4, 0.5) is 5.69 Å². The van der Waals surface area contributed by atoms with Gasteiger partial charge in [-0.05, 0) is 60.4 Å². The molecule has 0 aromatic heterocycles. The summed E-state index contributed by atoms with van der Waals surface area (Å²) in [7, 11) is 0. The molecule has 0 aliphatic carbocycles. The summed E-state index contributed by atoms with van der Waals surface area (Å²) in [6.07, 6.45) is 1.86. The predicted molar refractivity (Wildman–Crippen MR) is 137 cm³/mol. The van der Waals surface area contributed by atoms with E-state index in [-0.39, 0.29) is 18.3 Å². The van der Waals surface area contributed by atoms with Gasteiger partial charge in [0.05, 0.1) is 11.5 Å². The first-order valence-corrected chi connectivity index (χ1v) is 12.1. The number of amides is 1. The maximum Gasteiger partial charge on any atom is 0.262 e. The highest BCUT2D eigenvalue weighted by Crippen LogP contribution is 2.41. The summed E-state index contributed by atoms with van der Waals surface area (Å²) in [5, 5.41) is 2.93. The standard InChI is InChI=1S/C28H27NO4S/c1-4-32-24-15-19(16-26-28(31)21-10-6-8-12-25(21)34-26)13-14-23(24)33-17-27(30)29-22-11-7-5-9-20(22)18(2)3/h5-16,18H,4,17H2,1-3H3,(H,29,30)/b26-16-. The molecule has 3 aromatic carbocycles. The van der Waals surface area contributed by atoms with Crippen LogP contribution in [-0.2, 0) is 4.79 Å². The molecule has 0 atom stereocenters. The largest absolute Gasteiger partial charge is 0.490 e. The predicted octanol–water partition coefficient (Wildman–Crippen LogP) is 6.56. The van der Waals surface area contributed by atoms with Gasteiger partial charge in [-0.3, -0.25) is 9.59 Å². The maximum atomic E-state index is 12.7. The van der Waals surface area contributed by atoms with E-state index < -0.39 is 0 Å². The number of allylic oxidation sites excluding steroid dienone is 1. The van der Waals surface area contributed by atoms with Gasteiger partial charge in [-0.1, -0.05) is 62.0 Å². The van der Waals surface area contributed by atoms with Crippen molar-refractivity contribution in [3.8, 4) is 11.5 Å². The third-order valence-corrected chi connectivity index (χ3v) is 6.46. The normalized spacial score (nSPS) is 13.8. The highest BCUT2D eigenvalue weighted by Gasteiger charge is 2.25. The van der Waals surface area contributed by atoms with Crippen LogP contribution in [0.3, 0.4) is 0 Å². The number of hydrogen-bond acceptors (Lipinski definition) is 5. The van der Waals surface area contributed by atoms with E-state index in [4.69, 9.17) is 9.47 Å². The number of thioether (sulfide) groups is 1. The summed E-state index contributed by atoms with van der Waals surface area (Å²) in [6, 6.07) is 20.8. The van der Waals surface area contributed by atoms with Crippen molar-refractivity contribution in [2.24, 2.45) is 0 Å². The van der Waals surface area contributed by atoms with Crippen LogP contribution in [0.5, 0.6) is 11.5 Å². The lowest BCUT2D eigenvalue weighted by Gasteiger charge is -2.15. The number of anilines is 1. The molecule has 0 saturated carbocycles. The fraction of sp³-hybridized carbons (Fsp3) is 0.214. The van der Waals surface area contributed by atoms with Gasteiger partial charge in [-0.25, -0.2) is 0 Å². The highest BCUT2D eigenvalue weighted by atomic mass is 32.2. The first-order chi connectivity index (χ1) is 16.5. The molecule has 1 aliphatic heterocycles. The van der Waals surface area contributed by atoms with Crippen LogP contribution in [-0.4, -0.2) is 24.9 Å². The van der Waals surface area contributed by atoms with Crippen molar-refractivity contribution < 1.29 is 19.1 Å². The van der Waals surface area contributed by atoms with E-state index in [0.717, 1.165) is 27.3 Å². The highest BCUT2D eigenvalue weighted by molar-refractivity contribution is 8.04. The molecule has 1 N–H and O–H groups in total. The molecule has 3 aromatic rings. The van der Waals surface area contributed by atoms with E-state index in [1.807, 2.05) is 73.7 Å². The molecule has 34 heavy (non-hydrogen) atoms. The molecule has 0 unspecified atom stereocenters. The quantitative estimate of drug-likeness (QED) is 0.376. The van der Waals surface area contributed by atoms with Gasteiger partial charge >= 0.3 is 0 Å². The second kappa shape index (κ2) is 10.6. The second-order valence-corrected chi connectivity index (χ2v) is 9.24. The van der Waals surface area contributed by atoms with Gasteiger partial charge in [-0.15, -0.1) is 0 Å². The number of ether oxygens (including phenoxy) is 2. The lowest BCUT2D eigenvalue weighted by atomic mass is 10.0. The molecule has 174 valence electrons. The van der Waals surface area contributed by atoms with Crippen LogP contribution in [0.2, 0.25) is 0 Å². The molecule has 4 rings (SSSR count). The van der Waals surface area contributed by atoms with E-state index >= 15 is 0 Å². The summed E-state index contributed by atoms with van der Waals surface area (Å²) in [6.45, 7) is 6.36. The third-order valence-electron chi connectivity index (χ3n) is 5.36. The van der Waals surface area contributed by atoms with Crippen molar-refractivity contribution >= 4 is 35.2 Å². The molecule has 0 fully saturated rings. The van der Waals surface area contributed by atoms with Gasteiger partial charge in [0, 0.05) is 16.1 Å². The number of carbonyl (C=O) groups excluding carboxylic acids is 2. The van der Waals surface area contributed by atoms with Gasteiger partial charge < -0.3 is 14.8 Å². The lowest BCUT2D eigenvalue weighted by molar-refractivity contribution is -0.118. The minimum atomic E-state index is -0.243. The third kappa shape index (κ3) is 5.34. The van der Waals surface area contributed by atoms with Crippen molar-refractivity contribution in [3.63, 3.8) is 0 Å². The topological polar surface area (TPSA) is 64.6 Å². The molecular weight excluding hydrogens is 446 g/mol. The van der Waals surface area contributed by atoms with E-state index in [9.17, 15) is 9.59 Å². The molecule has 1 amide bonds. The van der Waals surface area contributed by atoms with E-state index in [2.05, 4.69) is 19.2 Å². The number of ketones is 1. The fourth-order valence-corrected chi connectivity index (χ4v) is 4.78. The maximum absolute atomic E-state index is 12.7. The average molecular weight is 474 g/mol. The van der Waals surface area contributed by atoms with Crippen molar-refractivity contribution in [1.82, 2.24) is 0 Å². The van der Waals surface area contributed by atoms with Crippen LogP contribution < -0.4 is 14.8 Å². The monoisotopic (exact) mass is 473 g/mol. The molecule has 6 heteroatoms. The van der Waals surface area contributed by atoms with E-state index in [0.29, 0.717) is 28.9 Å². The van der Waals surface area contributed by atoms with Crippen molar-refractivity contribution in [2.45, 2.75) is 31.6 Å². The number of Topliss-reactive ketones (excluding diaryl/α,β-unsaturated/α-hetero) is 1. The summed E-state index contributed by atoms with van der Waals surface area (Å²) in [5.74, 6) is 1.08. The Morgan fingerprint density at radius 2 is 1.76 bits per heavy atom. The Labute approximate surface area is 204 Å². The Balaban J connectivity index is 1.46. The number of rotatable bonds is 8. The number of para-hydroxylation sites is 1. The van der Waals surface area contributed by atoms with Crippen LogP contribution in [0.1, 0.15) is 48.2 Å². The SMILES string of the molecule is CCOc1cc(/C=C2\Sc3ccccc3C2=O)ccc1OCC(=O)Nc1ccccc1C(C)C. The molecule has 0 radical (unpaired) electrons. The second-order valence-electron chi connectivity index (χ2n) is 8.15. The zero-order valence-corrected chi connectivity index (χ0v) is 20.3. The number of hydrogen-bond donors (Lipinski definition) is 1. The Bertz CT molecular complexity index is 1250. The van der Waals surface area contributed by atoms with Crippen LogP contribution in [0.25, 0.3) is 6.08 Å². The first-order valence-electron chi connectivity index (χ1n) is 11.3. The number of fused-ring (bicyclic) bond motifs is 1. The smallest absolute Gasteiger partial charge is 0.262 e. The Morgan fingerprint density at radius 1 is 1.00 bits per heavy atom. The van der Waals surface area contributed by atoms with E-state index in [1.165, 1.54) is 11.8 Å². The van der Waals surface area contributed by atoms with Gasteiger partial charge in [0.25, 0.3) is 5.91 Å². The van der Waals surface area contributed by atoms with Crippen molar-refractivity contribution in [1.29, 1.82) is 0 Å². The Hall–Kier alpha value is -3.51. The molecule has 0 bridgehead atoms.